The Kier molecular flexibility index (Phi) is 9.25. The van der Waals surface area contributed by atoms with Crippen LogP contribution in [0.4, 0.5) is 4.39 Å². The molecule has 4 aromatic rings. The van der Waals surface area contributed by atoms with Crippen LogP contribution in [0.15, 0.2) is 79.5 Å². The average molecular weight is 616 g/mol. The first-order valence-corrected chi connectivity index (χ1v) is 14.6. The van der Waals surface area contributed by atoms with Crippen molar-refractivity contribution < 1.29 is 28.1 Å². The summed E-state index contributed by atoms with van der Waals surface area (Å²) in [5, 5.41) is 4.60. The summed E-state index contributed by atoms with van der Waals surface area (Å²) in [4.78, 5) is 43.5. The van der Waals surface area contributed by atoms with Gasteiger partial charge in [0.2, 0.25) is 6.10 Å². The van der Waals surface area contributed by atoms with Crippen molar-refractivity contribution in [2.45, 2.75) is 26.4 Å². The highest BCUT2D eigenvalue weighted by atomic mass is 35.5. The van der Waals surface area contributed by atoms with Gasteiger partial charge in [-0.2, -0.15) is 4.58 Å². The molecule has 3 amide bonds. The number of aromatic amines is 1. The van der Waals surface area contributed by atoms with Gasteiger partial charge in [-0.15, -0.1) is 0 Å². The Morgan fingerprint density at radius 3 is 2.61 bits per heavy atom. The van der Waals surface area contributed by atoms with Crippen molar-refractivity contribution in [2.24, 2.45) is 0 Å². The van der Waals surface area contributed by atoms with Gasteiger partial charge in [-0.1, -0.05) is 30.3 Å². The molecule has 0 fully saturated rings. The number of fused-ring (bicyclic) bond motifs is 1. The molecule has 1 atom stereocenters. The SMILES string of the molecule is C=CC(=O)[N+]1=C(C)CN(C(=O)[C@@H](Oc2ccc(C(=O)NCCc3c[nH]c4ccc(Cl)cc34)cc2)c2ccc(C)c(F)c2)CC1. The Balaban J connectivity index is 1.27. The number of nitrogens with zero attached hydrogens (tertiary/aromatic N) is 2. The Bertz CT molecular complexity index is 1780. The van der Waals surface area contributed by atoms with E-state index in [0.717, 1.165) is 16.5 Å². The molecular formula is C34H33ClFN4O4+. The number of amides is 3. The molecule has 0 spiro atoms. The highest BCUT2D eigenvalue weighted by Gasteiger charge is 2.34. The largest absolute Gasteiger partial charge is 0.476 e. The highest BCUT2D eigenvalue weighted by molar-refractivity contribution is 6.31. The van der Waals surface area contributed by atoms with Crippen molar-refractivity contribution in [3.8, 4) is 5.75 Å². The third kappa shape index (κ3) is 6.73. The molecule has 5 rings (SSSR count). The molecule has 1 aliphatic heterocycles. The monoisotopic (exact) mass is 615 g/mol. The van der Waals surface area contributed by atoms with E-state index in [0.29, 0.717) is 52.7 Å². The van der Waals surface area contributed by atoms with Crippen LogP contribution >= 0.6 is 11.6 Å². The maximum absolute atomic E-state index is 14.6. The van der Waals surface area contributed by atoms with E-state index in [2.05, 4.69) is 16.9 Å². The Morgan fingerprint density at radius 2 is 1.91 bits per heavy atom. The molecule has 0 bridgehead atoms. The highest BCUT2D eigenvalue weighted by Crippen LogP contribution is 2.27. The number of carbonyl (C=O) groups is 3. The minimum atomic E-state index is -1.14. The molecule has 1 aromatic heterocycles. The zero-order valence-corrected chi connectivity index (χ0v) is 25.3. The number of hydrogen-bond donors (Lipinski definition) is 2. The first-order chi connectivity index (χ1) is 21.1. The predicted molar refractivity (Wildman–Crippen MR) is 168 cm³/mol. The molecule has 2 N–H and O–H groups in total. The predicted octanol–water partition coefficient (Wildman–Crippen LogP) is 5.39. The van der Waals surface area contributed by atoms with Gasteiger partial charge in [0.05, 0.1) is 6.54 Å². The van der Waals surface area contributed by atoms with Crippen molar-refractivity contribution in [1.82, 2.24) is 15.2 Å². The lowest BCUT2D eigenvalue weighted by Gasteiger charge is -2.29. The molecule has 8 nitrogen and oxygen atoms in total. The fourth-order valence-electron chi connectivity index (χ4n) is 5.24. The number of hydrogen-bond acceptors (Lipinski definition) is 4. The number of rotatable bonds is 9. The van der Waals surface area contributed by atoms with E-state index in [9.17, 15) is 18.8 Å². The molecule has 0 unspecified atom stereocenters. The number of aryl methyl sites for hydroxylation is 1. The van der Waals surface area contributed by atoms with Crippen LogP contribution in [0.2, 0.25) is 5.02 Å². The number of carbonyl (C=O) groups excluding carboxylic acids is 3. The lowest BCUT2D eigenvalue weighted by molar-refractivity contribution is -0.450. The molecule has 3 aromatic carbocycles. The van der Waals surface area contributed by atoms with Crippen LogP contribution in [0, 0.1) is 12.7 Å². The van der Waals surface area contributed by atoms with Crippen LogP contribution in [-0.4, -0.2) is 64.1 Å². The maximum atomic E-state index is 14.6. The van der Waals surface area contributed by atoms with Crippen molar-refractivity contribution >= 4 is 45.9 Å². The number of aromatic nitrogens is 1. The van der Waals surface area contributed by atoms with Gasteiger partial charge in [0.25, 0.3) is 11.8 Å². The van der Waals surface area contributed by atoms with Crippen molar-refractivity contribution in [1.29, 1.82) is 0 Å². The van der Waals surface area contributed by atoms with Crippen LogP contribution < -0.4 is 10.1 Å². The van der Waals surface area contributed by atoms with Crippen molar-refractivity contribution in [3.63, 3.8) is 0 Å². The standard InChI is InChI=1S/C34H32ClFN4O4/c1-4-31(41)40-16-15-39(20-22(40)3)34(43)32(24-6-5-21(2)29(36)17-24)44-27-10-7-23(8-11-27)33(42)37-14-13-25-19-38-30-12-9-26(35)18-28(25)30/h4-12,17-19,32,38H,1,13-16,20H2,2-3H3/p+1/t32-/m0/s1. The van der Waals surface area contributed by atoms with Crippen LogP contribution in [0.1, 0.15) is 40.1 Å². The zero-order chi connectivity index (χ0) is 31.4. The summed E-state index contributed by atoms with van der Waals surface area (Å²) in [7, 11) is 0. The molecule has 0 saturated heterocycles. The van der Waals surface area contributed by atoms with Crippen LogP contribution in [0.5, 0.6) is 5.75 Å². The van der Waals surface area contributed by atoms with Gasteiger partial charge in [-0.3, -0.25) is 9.59 Å². The van der Waals surface area contributed by atoms with E-state index in [-0.39, 0.29) is 30.8 Å². The van der Waals surface area contributed by atoms with Gasteiger partial charge in [-0.05, 0) is 73.0 Å². The first kappa shape index (κ1) is 30.7. The van der Waals surface area contributed by atoms with Crippen LogP contribution in [-0.2, 0) is 16.0 Å². The molecule has 0 radical (unpaired) electrons. The zero-order valence-electron chi connectivity index (χ0n) is 24.5. The van der Waals surface area contributed by atoms with Gasteiger partial charge < -0.3 is 19.9 Å². The van der Waals surface area contributed by atoms with Gasteiger partial charge in [0, 0.05) is 52.8 Å². The third-order valence-electron chi connectivity index (χ3n) is 7.73. The van der Waals surface area contributed by atoms with E-state index in [4.69, 9.17) is 16.3 Å². The summed E-state index contributed by atoms with van der Waals surface area (Å²) in [5.74, 6) is -0.942. The van der Waals surface area contributed by atoms with E-state index in [1.165, 1.54) is 12.1 Å². The summed E-state index contributed by atoms with van der Waals surface area (Å²) in [5.41, 5.74) is 3.97. The molecule has 0 saturated carbocycles. The molecule has 10 heteroatoms. The lowest BCUT2D eigenvalue weighted by Crippen LogP contribution is -2.49. The van der Waals surface area contributed by atoms with Gasteiger partial charge in [0.1, 0.15) is 18.1 Å². The third-order valence-corrected chi connectivity index (χ3v) is 7.96. The summed E-state index contributed by atoms with van der Waals surface area (Å²) in [6.45, 7) is 8.21. The van der Waals surface area contributed by atoms with E-state index in [1.54, 1.807) is 59.7 Å². The molecule has 2 heterocycles. The second-order valence-electron chi connectivity index (χ2n) is 10.7. The van der Waals surface area contributed by atoms with Crippen molar-refractivity contribution in [3.05, 3.63) is 113 Å². The Morgan fingerprint density at radius 1 is 1.14 bits per heavy atom. The molecule has 226 valence electrons. The number of halogens is 2. The van der Waals surface area contributed by atoms with Crippen LogP contribution in [0.25, 0.3) is 10.9 Å². The Hall–Kier alpha value is -4.76. The summed E-state index contributed by atoms with van der Waals surface area (Å²) < 4.78 is 22.3. The molecular weight excluding hydrogens is 583 g/mol. The smallest absolute Gasteiger partial charge is 0.411 e. The normalized spacial score (nSPS) is 14.0. The number of benzene rings is 3. The first-order valence-electron chi connectivity index (χ1n) is 14.3. The molecule has 0 aliphatic carbocycles. The number of nitrogens with one attached hydrogen (secondary N) is 2. The quantitative estimate of drug-likeness (QED) is 0.195. The van der Waals surface area contributed by atoms with Gasteiger partial charge in [0.15, 0.2) is 12.3 Å². The second kappa shape index (κ2) is 13.3. The average Bonchev–Trinajstić information content (AvgIpc) is 3.42. The minimum absolute atomic E-state index is 0.220. The number of ether oxygens (including phenoxy) is 1. The summed E-state index contributed by atoms with van der Waals surface area (Å²) in [6.07, 6.45) is 2.64. The van der Waals surface area contributed by atoms with E-state index in [1.807, 2.05) is 24.4 Å². The summed E-state index contributed by atoms with van der Waals surface area (Å²) >= 11 is 6.14. The maximum Gasteiger partial charge on any atom is 0.411 e. The van der Waals surface area contributed by atoms with E-state index < -0.39 is 11.9 Å². The van der Waals surface area contributed by atoms with E-state index >= 15 is 0 Å². The number of H-pyrrole nitrogens is 1. The summed E-state index contributed by atoms with van der Waals surface area (Å²) in [6, 6.07) is 16.7. The Labute approximate surface area is 259 Å². The minimum Gasteiger partial charge on any atom is -0.476 e. The fourth-order valence-corrected chi connectivity index (χ4v) is 5.41. The lowest BCUT2D eigenvalue weighted by atomic mass is 10.0. The topological polar surface area (TPSA) is 94.5 Å². The molecule has 1 aliphatic rings. The molecule has 44 heavy (non-hydrogen) atoms. The fraction of sp³-hybridized carbons (Fsp3) is 0.235. The van der Waals surface area contributed by atoms with Crippen molar-refractivity contribution in [2.75, 3.05) is 26.2 Å². The second-order valence-corrected chi connectivity index (χ2v) is 11.2. The van der Waals surface area contributed by atoms with Gasteiger partial charge in [-0.25, -0.2) is 9.18 Å². The van der Waals surface area contributed by atoms with Crippen LogP contribution in [0.3, 0.4) is 0 Å². The van der Waals surface area contributed by atoms with Gasteiger partial charge >= 0.3 is 5.91 Å².